The Morgan fingerprint density at radius 2 is 0.614 bits per heavy atom. The molecular formula is C29H21F34NO6. The maximum Gasteiger partial charge on any atom is 0.460 e. The Morgan fingerprint density at radius 3 is 0.843 bits per heavy atom. The van der Waals surface area contributed by atoms with Crippen LogP contribution in [0.3, 0.4) is 0 Å². The lowest BCUT2D eigenvalue weighted by atomic mass is 9.82. The fourth-order valence-electron chi connectivity index (χ4n) is 4.99. The van der Waals surface area contributed by atoms with Gasteiger partial charge in [0.05, 0.1) is 6.42 Å². The standard InChI is InChI=1S/C29H21F34NO6/c1-12(2,3)70-11(69)64(7-6-15(32,33)17(36,37)19(40,41)21(44,45)23(48,49)25(52,53)27(56,57)29(61,62)63)13(10(67)68,8-9(65)66)4-5-14(30,31)16(34,35)18(38,39)20(42,43)22(46,47)24(50,51)26(54,55)28(58,59)60/h4-8H2,1-3H3,(H,65,66)(H,67,68)/t13-/m0/s1. The van der Waals surface area contributed by atoms with E-state index in [0.29, 0.717) is 20.8 Å². The second-order valence-corrected chi connectivity index (χ2v) is 15.1. The summed E-state index contributed by atoms with van der Waals surface area (Å²) in [6.45, 7) is -2.06. The van der Waals surface area contributed by atoms with Crippen molar-refractivity contribution in [2.24, 2.45) is 0 Å². The van der Waals surface area contributed by atoms with E-state index in [9.17, 15) is 174 Å². The van der Waals surface area contributed by atoms with E-state index >= 15 is 0 Å². The van der Waals surface area contributed by atoms with E-state index in [2.05, 4.69) is 4.74 Å². The fraction of sp³-hybridized carbons (Fsp3) is 0.897. The molecule has 416 valence electrons. The molecule has 0 saturated heterocycles. The Labute approximate surface area is 362 Å². The second kappa shape index (κ2) is 17.8. The normalized spacial score (nSPS) is 16.8. The Balaban J connectivity index is 7.99. The molecule has 0 bridgehead atoms. The smallest absolute Gasteiger partial charge is 0.460 e. The molecule has 0 aromatic rings. The molecule has 41 heteroatoms. The number of halogens is 34. The predicted molar refractivity (Wildman–Crippen MR) is 151 cm³/mol. The molecule has 0 heterocycles. The van der Waals surface area contributed by atoms with Crippen molar-refractivity contribution < 1.29 is 179 Å². The lowest BCUT2D eigenvalue weighted by Gasteiger charge is -2.45. The van der Waals surface area contributed by atoms with Crippen LogP contribution in [0.15, 0.2) is 0 Å². The number of ether oxygens (including phenoxy) is 1. The number of alkyl halides is 34. The number of carbonyl (C=O) groups is 3. The first-order chi connectivity index (χ1) is 29.8. The third kappa shape index (κ3) is 9.74. The summed E-state index contributed by atoms with van der Waals surface area (Å²) in [5, 5.41) is 18.9. The summed E-state index contributed by atoms with van der Waals surface area (Å²) in [5.41, 5.74) is -7.67. The first kappa shape index (κ1) is 65.8. The summed E-state index contributed by atoms with van der Waals surface area (Å²) in [6.07, 6.45) is -34.5. The number of carbonyl (C=O) groups excluding carboxylic acids is 1. The minimum absolute atomic E-state index is 0.466. The molecule has 0 aliphatic carbocycles. The molecule has 0 aliphatic rings. The van der Waals surface area contributed by atoms with Gasteiger partial charge in [-0.15, -0.1) is 0 Å². The average molecular weight is 1130 g/mol. The Hall–Kier alpha value is -4.17. The van der Waals surface area contributed by atoms with Crippen LogP contribution in [0.25, 0.3) is 0 Å². The van der Waals surface area contributed by atoms with Gasteiger partial charge in [0.25, 0.3) is 0 Å². The molecule has 2 N–H and O–H groups in total. The predicted octanol–water partition coefficient (Wildman–Crippen LogP) is 12.7. The monoisotopic (exact) mass is 1130 g/mol. The molecule has 70 heavy (non-hydrogen) atoms. The lowest BCUT2D eigenvalue weighted by Crippen LogP contribution is -2.74. The maximum absolute atomic E-state index is 14.9. The van der Waals surface area contributed by atoms with Crippen molar-refractivity contribution in [3.63, 3.8) is 0 Å². The SMILES string of the molecule is CC(C)(C)OC(=O)N(CCC(F)(F)C(F)(F)C(F)(F)C(F)(F)C(F)(F)C(F)(F)C(F)(F)C(F)(F)F)[C@@](CCC(F)(F)C(F)(F)C(F)(F)C(F)(F)C(F)(F)C(F)(F)C(F)(F)C(F)(F)F)(CC(=O)O)C(=O)O. The molecule has 1 atom stereocenters. The Morgan fingerprint density at radius 1 is 0.371 bits per heavy atom. The number of rotatable bonds is 22. The van der Waals surface area contributed by atoms with Gasteiger partial charge in [0.1, 0.15) is 5.60 Å². The lowest BCUT2D eigenvalue weighted by molar-refractivity contribution is -0.462. The molecule has 0 spiro atoms. The number of nitrogens with zero attached hydrogens (tertiary/aromatic N) is 1. The van der Waals surface area contributed by atoms with E-state index in [4.69, 9.17) is 0 Å². The van der Waals surface area contributed by atoms with Gasteiger partial charge in [-0.05, 0) is 27.2 Å². The molecule has 0 aliphatic heterocycles. The fourth-order valence-corrected chi connectivity index (χ4v) is 4.99. The number of hydrogen-bond donors (Lipinski definition) is 2. The minimum Gasteiger partial charge on any atom is -0.481 e. The summed E-state index contributed by atoms with van der Waals surface area (Å²) < 4.78 is 473. The van der Waals surface area contributed by atoms with E-state index in [-0.39, 0.29) is 0 Å². The van der Waals surface area contributed by atoms with Crippen molar-refractivity contribution in [1.82, 2.24) is 4.90 Å². The first-order valence-corrected chi connectivity index (χ1v) is 16.7. The first-order valence-electron chi connectivity index (χ1n) is 16.7. The van der Waals surface area contributed by atoms with Gasteiger partial charge >= 0.3 is 113 Å². The van der Waals surface area contributed by atoms with Crippen LogP contribution in [-0.2, 0) is 14.3 Å². The highest BCUT2D eigenvalue weighted by molar-refractivity contribution is 5.89. The van der Waals surface area contributed by atoms with Crippen LogP contribution in [0.4, 0.5) is 154 Å². The molecule has 0 aromatic heterocycles. The largest absolute Gasteiger partial charge is 0.481 e. The van der Waals surface area contributed by atoms with Crippen molar-refractivity contribution in [2.45, 2.75) is 153 Å². The number of aliphatic carboxylic acids is 2. The second-order valence-electron chi connectivity index (χ2n) is 15.1. The van der Waals surface area contributed by atoms with Crippen LogP contribution in [0.2, 0.25) is 0 Å². The Kier molecular flexibility index (Phi) is 16.7. The van der Waals surface area contributed by atoms with E-state index < -0.39 is 162 Å². The van der Waals surface area contributed by atoms with Crippen molar-refractivity contribution in [2.75, 3.05) is 6.54 Å². The quantitative estimate of drug-likeness (QED) is 0.105. The topological polar surface area (TPSA) is 104 Å². The van der Waals surface area contributed by atoms with Crippen LogP contribution < -0.4 is 0 Å². The average Bonchev–Trinajstić information content (AvgIpc) is 3.10. The molecule has 1 amide bonds. The third-order valence-corrected chi connectivity index (χ3v) is 9.05. The van der Waals surface area contributed by atoms with Crippen molar-refractivity contribution >= 4 is 18.0 Å². The number of hydrogen-bond acceptors (Lipinski definition) is 4. The molecule has 0 saturated carbocycles. The molecule has 0 fully saturated rings. The van der Waals surface area contributed by atoms with E-state index in [1.165, 1.54) is 0 Å². The van der Waals surface area contributed by atoms with Crippen LogP contribution in [-0.4, -0.2) is 146 Å². The number of carboxylic acids is 2. The third-order valence-electron chi connectivity index (χ3n) is 9.05. The molecule has 0 radical (unpaired) electrons. The molecule has 0 unspecified atom stereocenters. The van der Waals surface area contributed by atoms with Gasteiger partial charge < -0.3 is 14.9 Å². The maximum atomic E-state index is 14.9. The van der Waals surface area contributed by atoms with E-state index in [1.807, 2.05) is 0 Å². The summed E-state index contributed by atoms with van der Waals surface area (Å²) in [6, 6.07) is 0. The zero-order chi connectivity index (χ0) is 57.6. The summed E-state index contributed by atoms with van der Waals surface area (Å²) in [7, 11) is 0. The highest BCUT2D eigenvalue weighted by Gasteiger charge is 2.97. The van der Waals surface area contributed by atoms with Gasteiger partial charge in [0.15, 0.2) is 5.54 Å². The summed E-state index contributed by atoms with van der Waals surface area (Å²) in [5.74, 6) is -131. The number of carboxylic acid groups (broad SMARTS) is 2. The Bertz CT molecular complexity index is 1910. The van der Waals surface area contributed by atoms with Gasteiger partial charge in [-0.3, -0.25) is 9.69 Å². The van der Waals surface area contributed by atoms with Crippen molar-refractivity contribution in [3.05, 3.63) is 0 Å². The van der Waals surface area contributed by atoms with Gasteiger partial charge in [-0.1, -0.05) is 0 Å². The summed E-state index contributed by atoms with van der Waals surface area (Å²) in [4.78, 5) is 35.2. The highest BCUT2D eigenvalue weighted by Crippen LogP contribution is 2.66. The zero-order valence-corrected chi connectivity index (χ0v) is 32.9. The van der Waals surface area contributed by atoms with Gasteiger partial charge in [-0.2, -0.15) is 149 Å². The van der Waals surface area contributed by atoms with E-state index in [0.717, 1.165) is 0 Å². The van der Waals surface area contributed by atoms with Crippen molar-refractivity contribution in [1.29, 1.82) is 0 Å². The minimum atomic E-state index is -9.34. The van der Waals surface area contributed by atoms with Crippen molar-refractivity contribution in [3.8, 4) is 0 Å². The van der Waals surface area contributed by atoms with Crippen LogP contribution in [0.5, 0.6) is 0 Å². The van der Waals surface area contributed by atoms with Gasteiger partial charge in [0.2, 0.25) is 0 Å². The van der Waals surface area contributed by atoms with Gasteiger partial charge in [0, 0.05) is 19.4 Å². The van der Waals surface area contributed by atoms with Crippen LogP contribution in [0.1, 0.15) is 46.5 Å². The number of amides is 1. The van der Waals surface area contributed by atoms with Crippen LogP contribution >= 0.6 is 0 Å². The molecule has 0 aromatic carbocycles. The molecule has 0 rings (SSSR count). The highest BCUT2D eigenvalue weighted by atomic mass is 19.4. The van der Waals surface area contributed by atoms with Gasteiger partial charge in [-0.25, -0.2) is 9.59 Å². The molecule has 7 nitrogen and oxygen atoms in total. The molecular weight excluding hydrogens is 1100 g/mol. The zero-order valence-electron chi connectivity index (χ0n) is 32.9. The van der Waals surface area contributed by atoms with E-state index in [1.54, 1.807) is 0 Å². The summed E-state index contributed by atoms with van der Waals surface area (Å²) >= 11 is 0. The van der Waals surface area contributed by atoms with Crippen LogP contribution in [0, 0.1) is 0 Å².